The molecule has 2 rings (SSSR count). The summed E-state index contributed by atoms with van der Waals surface area (Å²) >= 11 is 0. The Morgan fingerprint density at radius 3 is 2.50 bits per heavy atom. The minimum Gasteiger partial charge on any atom is -0.388 e. The molecule has 2 nitrogen and oxygen atoms in total. The molecule has 0 fully saturated rings. The van der Waals surface area contributed by atoms with Crippen LogP contribution in [0.1, 0.15) is 25.0 Å². The molecule has 0 heterocycles. The summed E-state index contributed by atoms with van der Waals surface area (Å²) in [5, 5.41) is 12.3. The highest BCUT2D eigenvalue weighted by molar-refractivity contribution is 5.83. The van der Waals surface area contributed by atoms with Crippen LogP contribution in [0.25, 0.3) is 10.8 Å². The van der Waals surface area contributed by atoms with Gasteiger partial charge in [0, 0.05) is 6.04 Å². The number of benzene rings is 2. The summed E-state index contributed by atoms with van der Waals surface area (Å²) in [7, 11) is 0. The minimum atomic E-state index is -0.468. The first-order valence-electron chi connectivity index (χ1n) is 5.59. The Morgan fingerprint density at radius 1 is 1.12 bits per heavy atom. The predicted molar refractivity (Wildman–Crippen MR) is 67.2 cm³/mol. The first-order valence-corrected chi connectivity index (χ1v) is 5.59. The second kappa shape index (κ2) is 4.64. The third kappa shape index (κ3) is 2.40. The molecule has 84 valence electrons. The second-order valence-corrected chi connectivity index (χ2v) is 4.34. The monoisotopic (exact) mass is 215 g/mol. The molecule has 0 amide bonds. The van der Waals surface area contributed by atoms with Gasteiger partial charge in [0.1, 0.15) is 0 Å². The smallest absolute Gasteiger partial charge is 0.0804 e. The maximum absolute atomic E-state index is 9.97. The van der Waals surface area contributed by atoms with Crippen molar-refractivity contribution in [2.24, 2.45) is 5.73 Å². The molecule has 0 aliphatic rings. The average Bonchev–Trinajstić information content (AvgIpc) is 2.27. The summed E-state index contributed by atoms with van der Waals surface area (Å²) in [5.41, 5.74) is 6.62. The van der Waals surface area contributed by atoms with E-state index in [0.717, 1.165) is 10.9 Å². The molecule has 16 heavy (non-hydrogen) atoms. The van der Waals surface area contributed by atoms with Crippen LogP contribution in [-0.4, -0.2) is 11.1 Å². The predicted octanol–water partition coefficient (Wildman–Crippen LogP) is 2.61. The number of aliphatic hydroxyl groups excluding tert-OH is 1. The average molecular weight is 215 g/mol. The highest BCUT2D eigenvalue weighted by atomic mass is 16.3. The lowest BCUT2D eigenvalue weighted by Gasteiger charge is -2.14. The van der Waals surface area contributed by atoms with Crippen molar-refractivity contribution in [3.63, 3.8) is 0 Å². The van der Waals surface area contributed by atoms with Crippen molar-refractivity contribution < 1.29 is 5.11 Å². The molecule has 2 unspecified atom stereocenters. The number of nitrogens with two attached hydrogens (primary N) is 1. The van der Waals surface area contributed by atoms with Crippen LogP contribution in [-0.2, 0) is 0 Å². The van der Waals surface area contributed by atoms with Gasteiger partial charge in [0.05, 0.1) is 6.10 Å². The quantitative estimate of drug-likeness (QED) is 0.826. The summed E-state index contributed by atoms with van der Waals surface area (Å²) in [6.07, 6.45) is 0.128. The molecule has 2 heteroatoms. The van der Waals surface area contributed by atoms with Gasteiger partial charge in [-0.3, -0.25) is 0 Å². The molecule has 2 aromatic carbocycles. The van der Waals surface area contributed by atoms with Crippen LogP contribution in [0.15, 0.2) is 42.5 Å². The summed E-state index contributed by atoms with van der Waals surface area (Å²) in [6, 6.07) is 14.2. The van der Waals surface area contributed by atoms with Crippen molar-refractivity contribution in [3.8, 4) is 0 Å². The number of rotatable bonds is 3. The number of fused-ring (bicyclic) bond motifs is 1. The van der Waals surface area contributed by atoms with Gasteiger partial charge in [-0.2, -0.15) is 0 Å². The molecule has 0 spiro atoms. The maximum Gasteiger partial charge on any atom is 0.0804 e. The van der Waals surface area contributed by atoms with Gasteiger partial charge in [-0.05, 0) is 35.7 Å². The van der Waals surface area contributed by atoms with Crippen molar-refractivity contribution in [2.75, 3.05) is 0 Å². The van der Waals surface area contributed by atoms with E-state index < -0.39 is 6.10 Å². The van der Waals surface area contributed by atoms with E-state index in [2.05, 4.69) is 12.1 Å². The Hall–Kier alpha value is -1.38. The fourth-order valence-electron chi connectivity index (χ4n) is 1.90. The van der Waals surface area contributed by atoms with Crippen molar-refractivity contribution in [2.45, 2.75) is 25.5 Å². The standard InChI is InChI=1S/C14H17NO/c1-10(15)8-14(16)13-7-6-11-4-2-3-5-12(11)9-13/h2-7,9-10,14,16H,8,15H2,1H3. The molecule has 2 aromatic rings. The number of aliphatic hydroxyl groups is 1. The number of hydrogen-bond donors (Lipinski definition) is 2. The SMILES string of the molecule is CC(N)CC(O)c1ccc2ccccc2c1. The van der Waals surface area contributed by atoms with Crippen LogP contribution < -0.4 is 5.73 Å². The third-order valence-corrected chi connectivity index (χ3v) is 2.75. The zero-order valence-corrected chi connectivity index (χ0v) is 9.43. The second-order valence-electron chi connectivity index (χ2n) is 4.34. The summed E-state index contributed by atoms with van der Waals surface area (Å²) in [5.74, 6) is 0. The zero-order valence-electron chi connectivity index (χ0n) is 9.43. The molecule has 0 saturated heterocycles. The van der Waals surface area contributed by atoms with Gasteiger partial charge in [-0.15, -0.1) is 0 Å². The lowest BCUT2D eigenvalue weighted by molar-refractivity contribution is 0.160. The van der Waals surface area contributed by atoms with Crippen LogP contribution in [0.5, 0.6) is 0 Å². The highest BCUT2D eigenvalue weighted by Gasteiger charge is 2.09. The molecule has 0 saturated carbocycles. The van der Waals surface area contributed by atoms with E-state index >= 15 is 0 Å². The fraction of sp³-hybridized carbons (Fsp3) is 0.286. The van der Waals surface area contributed by atoms with Crippen LogP contribution >= 0.6 is 0 Å². The Labute approximate surface area is 95.7 Å². The Kier molecular flexibility index (Phi) is 3.22. The molecule has 3 N–H and O–H groups in total. The van der Waals surface area contributed by atoms with E-state index in [4.69, 9.17) is 5.73 Å². The zero-order chi connectivity index (χ0) is 11.5. The van der Waals surface area contributed by atoms with Crippen molar-refractivity contribution >= 4 is 10.8 Å². The molecule has 0 aromatic heterocycles. The van der Waals surface area contributed by atoms with Crippen LogP contribution in [0.4, 0.5) is 0 Å². The van der Waals surface area contributed by atoms with E-state index in [1.807, 2.05) is 37.3 Å². The molecule has 0 radical (unpaired) electrons. The Morgan fingerprint density at radius 2 is 1.81 bits per heavy atom. The summed E-state index contributed by atoms with van der Waals surface area (Å²) in [6.45, 7) is 1.91. The third-order valence-electron chi connectivity index (χ3n) is 2.75. The van der Waals surface area contributed by atoms with E-state index in [1.54, 1.807) is 0 Å². The molecular formula is C14H17NO. The van der Waals surface area contributed by atoms with Gasteiger partial charge < -0.3 is 10.8 Å². The summed E-state index contributed by atoms with van der Waals surface area (Å²) in [4.78, 5) is 0. The molecule has 0 aliphatic carbocycles. The van der Waals surface area contributed by atoms with Gasteiger partial charge in [-0.1, -0.05) is 36.4 Å². The van der Waals surface area contributed by atoms with Crippen molar-refractivity contribution in [3.05, 3.63) is 48.0 Å². The molecule has 0 aliphatic heterocycles. The first-order chi connectivity index (χ1) is 7.66. The van der Waals surface area contributed by atoms with E-state index in [0.29, 0.717) is 6.42 Å². The minimum absolute atomic E-state index is 0.0153. The van der Waals surface area contributed by atoms with E-state index in [1.165, 1.54) is 5.39 Å². The fourth-order valence-corrected chi connectivity index (χ4v) is 1.90. The lowest BCUT2D eigenvalue weighted by Crippen LogP contribution is -2.18. The first kappa shape index (κ1) is 11.1. The van der Waals surface area contributed by atoms with E-state index in [-0.39, 0.29) is 6.04 Å². The van der Waals surface area contributed by atoms with Crippen LogP contribution in [0, 0.1) is 0 Å². The van der Waals surface area contributed by atoms with Crippen LogP contribution in [0.2, 0.25) is 0 Å². The topological polar surface area (TPSA) is 46.2 Å². The van der Waals surface area contributed by atoms with Crippen LogP contribution in [0.3, 0.4) is 0 Å². The summed E-state index contributed by atoms with van der Waals surface area (Å²) < 4.78 is 0. The van der Waals surface area contributed by atoms with Gasteiger partial charge in [0.15, 0.2) is 0 Å². The molecule has 0 bridgehead atoms. The van der Waals surface area contributed by atoms with Gasteiger partial charge in [0.25, 0.3) is 0 Å². The van der Waals surface area contributed by atoms with E-state index in [9.17, 15) is 5.11 Å². The largest absolute Gasteiger partial charge is 0.388 e. The Bertz CT molecular complexity index is 479. The molecule has 2 atom stereocenters. The van der Waals surface area contributed by atoms with Crippen molar-refractivity contribution in [1.29, 1.82) is 0 Å². The van der Waals surface area contributed by atoms with Crippen molar-refractivity contribution in [1.82, 2.24) is 0 Å². The maximum atomic E-state index is 9.97. The molecular weight excluding hydrogens is 198 g/mol. The van der Waals surface area contributed by atoms with Gasteiger partial charge in [-0.25, -0.2) is 0 Å². The normalized spacial score (nSPS) is 14.9. The lowest BCUT2D eigenvalue weighted by atomic mass is 10.00. The Balaban J connectivity index is 2.32. The highest BCUT2D eigenvalue weighted by Crippen LogP contribution is 2.22. The van der Waals surface area contributed by atoms with Gasteiger partial charge >= 0.3 is 0 Å². The van der Waals surface area contributed by atoms with Gasteiger partial charge in [0.2, 0.25) is 0 Å². The number of hydrogen-bond acceptors (Lipinski definition) is 2.